The summed E-state index contributed by atoms with van der Waals surface area (Å²) in [5.41, 5.74) is -0.0832. The van der Waals surface area contributed by atoms with Gasteiger partial charge in [0.15, 0.2) is 0 Å². The Morgan fingerprint density at radius 2 is 2.16 bits per heavy atom. The Labute approximate surface area is 116 Å². The number of carboxylic acid groups (broad SMARTS) is 1. The van der Waals surface area contributed by atoms with Crippen molar-refractivity contribution < 1.29 is 18.3 Å². The summed E-state index contributed by atoms with van der Waals surface area (Å²) in [4.78, 5) is 11.1. The lowest BCUT2D eigenvalue weighted by Crippen LogP contribution is -2.37. The van der Waals surface area contributed by atoms with Gasteiger partial charge in [0.25, 0.3) is 10.0 Å². The molecule has 1 rings (SSSR count). The fraction of sp³-hybridized carbons (Fsp3) is 0.600. The van der Waals surface area contributed by atoms with Crippen LogP contribution < -0.4 is 0 Å². The number of H-pyrrole nitrogens is 1. The molecule has 0 saturated heterocycles. The molecule has 0 aromatic carbocycles. The van der Waals surface area contributed by atoms with Crippen LogP contribution in [0.4, 0.5) is 0 Å². The number of nitrogens with zero attached hydrogens (tertiary/aromatic N) is 2. The fourth-order valence-corrected chi connectivity index (χ4v) is 3.85. The van der Waals surface area contributed by atoms with E-state index < -0.39 is 21.0 Å². The van der Waals surface area contributed by atoms with Crippen molar-refractivity contribution >= 4 is 27.8 Å². The summed E-state index contributed by atoms with van der Waals surface area (Å²) in [6.07, 6.45) is 1.87. The van der Waals surface area contributed by atoms with Gasteiger partial charge in [0.1, 0.15) is 5.56 Å². The molecule has 0 aliphatic carbocycles. The molecule has 0 radical (unpaired) electrons. The van der Waals surface area contributed by atoms with Crippen molar-refractivity contribution in [1.82, 2.24) is 14.5 Å². The first-order valence-electron chi connectivity index (χ1n) is 5.48. The van der Waals surface area contributed by atoms with Crippen molar-refractivity contribution in [1.29, 1.82) is 0 Å². The van der Waals surface area contributed by atoms with Gasteiger partial charge in [-0.15, -0.1) is 0 Å². The quantitative estimate of drug-likeness (QED) is 0.805. The normalized spacial score (nSPS) is 13.7. The van der Waals surface area contributed by atoms with Crippen LogP contribution in [0.15, 0.2) is 5.03 Å². The summed E-state index contributed by atoms with van der Waals surface area (Å²) in [6, 6.07) is -0.251. The molecule has 2 N–H and O–H groups in total. The molecule has 1 atom stereocenters. The van der Waals surface area contributed by atoms with Crippen molar-refractivity contribution in [3.05, 3.63) is 11.3 Å². The minimum Gasteiger partial charge on any atom is -0.478 e. The average molecular weight is 307 g/mol. The van der Waals surface area contributed by atoms with Crippen LogP contribution >= 0.6 is 11.8 Å². The highest BCUT2D eigenvalue weighted by Crippen LogP contribution is 2.21. The molecule has 1 aromatic rings. The van der Waals surface area contributed by atoms with E-state index in [1.54, 1.807) is 6.92 Å². The lowest BCUT2D eigenvalue weighted by atomic mass is 10.3. The molecule has 108 valence electrons. The highest BCUT2D eigenvalue weighted by atomic mass is 32.2. The number of aryl methyl sites for hydroxylation is 1. The monoisotopic (exact) mass is 307 g/mol. The van der Waals surface area contributed by atoms with Gasteiger partial charge in [-0.1, -0.05) is 0 Å². The van der Waals surface area contributed by atoms with Crippen LogP contribution in [-0.2, 0) is 10.0 Å². The zero-order valence-corrected chi connectivity index (χ0v) is 12.8. The molecule has 9 heteroatoms. The van der Waals surface area contributed by atoms with E-state index in [1.165, 1.54) is 25.7 Å². The van der Waals surface area contributed by atoms with Gasteiger partial charge in [-0.05, 0) is 20.1 Å². The first-order valence-corrected chi connectivity index (χ1v) is 8.32. The van der Waals surface area contributed by atoms with Crippen molar-refractivity contribution in [2.45, 2.75) is 24.9 Å². The van der Waals surface area contributed by atoms with Crippen LogP contribution in [0.2, 0.25) is 0 Å². The predicted octanol–water partition coefficient (Wildman–Crippen LogP) is 0.788. The molecule has 19 heavy (non-hydrogen) atoms. The van der Waals surface area contributed by atoms with Crippen molar-refractivity contribution in [3.63, 3.8) is 0 Å². The van der Waals surface area contributed by atoms with Gasteiger partial charge in [-0.25, -0.2) is 13.2 Å². The molecular formula is C10H17N3O4S2. The minimum atomic E-state index is -3.92. The average Bonchev–Trinajstić information content (AvgIpc) is 2.71. The summed E-state index contributed by atoms with van der Waals surface area (Å²) < 4.78 is 25.9. The number of hydrogen-bond acceptors (Lipinski definition) is 5. The van der Waals surface area contributed by atoms with Gasteiger partial charge in [0.2, 0.25) is 5.03 Å². The van der Waals surface area contributed by atoms with E-state index in [9.17, 15) is 13.2 Å². The van der Waals surface area contributed by atoms with Gasteiger partial charge in [0, 0.05) is 24.5 Å². The first kappa shape index (κ1) is 16.0. The van der Waals surface area contributed by atoms with Gasteiger partial charge >= 0.3 is 5.97 Å². The second-order valence-electron chi connectivity index (χ2n) is 4.16. The van der Waals surface area contributed by atoms with Crippen molar-refractivity contribution in [3.8, 4) is 0 Å². The zero-order chi connectivity index (χ0) is 14.8. The van der Waals surface area contributed by atoms with Gasteiger partial charge in [-0.2, -0.15) is 21.2 Å². The summed E-state index contributed by atoms with van der Waals surface area (Å²) >= 11 is 1.51. The molecule has 1 unspecified atom stereocenters. The second-order valence-corrected chi connectivity index (χ2v) is 6.98. The van der Waals surface area contributed by atoms with Gasteiger partial charge < -0.3 is 5.11 Å². The molecular weight excluding hydrogens is 290 g/mol. The third kappa shape index (κ3) is 3.10. The number of aromatic carboxylic acids is 1. The Hall–Kier alpha value is -1.06. The van der Waals surface area contributed by atoms with Gasteiger partial charge in [0.05, 0.1) is 0 Å². The number of rotatable bonds is 6. The maximum absolute atomic E-state index is 12.4. The largest absolute Gasteiger partial charge is 0.478 e. The lowest BCUT2D eigenvalue weighted by Gasteiger charge is -2.22. The summed E-state index contributed by atoms with van der Waals surface area (Å²) in [5.74, 6) is -0.697. The van der Waals surface area contributed by atoms with Crippen LogP contribution in [0.1, 0.15) is 23.0 Å². The zero-order valence-electron chi connectivity index (χ0n) is 11.2. The number of aromatic nitrogens is 2. The molecule has 1 aromatic heterocycles. The Kier molecular flexibility index (Phi) is 4.99. The van der Waals surface area contributed by atoms with Crippen LogP contribution in [0, 0.1) is 6.92 Å². The summed E-state index contributed by atoms with van der Waals surface area (Å²) in [7, 11) is -2.50. The first-order chi connectivity index (χ1) is 8.73. The number of thioether (sulfide) groups is 1. The van der Waals surface area contributed by atoms with E-state index >= 15 is 0 Å². The van der Waals surface area contributed by atoms with E-state index in [2.05, 4.69) is 10.2 Å². The van der Waals surface area contributed by atoms with E-state index in [1.807, 2.05) is 6.26 Å². The second kappa shape index (κ2) is 5.93. The number of nitrogens with one attached hydrogen (secondary N) is 1. The number of sulfonamides is 1. The Balaban J connectivity index is 3.25. The molecule has 7 nitrogen and oxygen atoms in total. The summed E-state index contributed by atoms with van der Waals surface area (Å²) in [6.45, 7) is 3.23. The maximum Gasteiger partial charge on any atom is 0.340 e. The standard InChI is InChI=1S/C10H17N3O4S2/c1-6(5-18-4)13(3)19(16,17)9-8(10(14)15)7(2)11-12-9/h6H,5H2,1-4H3,(H,11,12)(H,14,15). The molecule has 0 bridgehead atoms. The highest BCUT2D eigenvalue weighted by Gasteiger charge is 2.33. The SMILES string of the molecule is CSCC(C)N(C)S(=O)(=O)c1n[nH]c(C)c1C(=O)O. The van der Waals surface area contributed by atoms with Crippen LogP contribution in [0.25, 0.3) is 0 Å². The number of hydrogen-bond donors (Lipinski definition) is 2. The van der Waals surface area contributed by atoms with Crippen LogP contribution in [0.3, 0.4) is 0 Å². The van der Waals surface area contributed by atoms with Gasteiger partial charge in [-0.3, -0.25) is 5.10 Å². The number of aromatic amines is 1. The van der Waals surface area contributed by atoms with E-state index in [-0.39, 0.29) is 17.3 Å². The van der Waals surface area contributed by atoms with Crippen LogP contribution in [0.5, 0.6) is 0 Å². The Bertz CT molecular complexity index is 567. The predicted molar refractivity (Wildman–Crippen MR) is 73.1 cm³/mol. The smallest absolute Gasteiger partial charge is 0.340 e. The Morgan fingerprint density at radius 3 is 2.63 bits per heavy atom. The fourth-order valence-electron chi connectivity index (χ4n) is 1.56. The highest BCUT2D eigenvalue weighted by molar-refractivity contribution is 7.98. The van der Waals surface area contributed by atoms with Crippen molar-refractivity contribution in [2.24, 2.45) is 0 Å². The Morgan fingerprint density at radius 1 is 1.58 bits per heavy atom. The third-order valence-corrected chi connectivity index (χ3v) is 5.50. The molecule has 0 fully saturated rings. The summed E-state index contributed by atoms with van der Waals surface area (Å²) in [5, 5.41) is 14.7. The lowest BCUT2D eigenvalue weighted by molar-refractivity contribution is 0.0691. The van der Waals surface area contributed by atoms with Crippen molar-refractivity contribution in [2.75, 3.05) is 19.1 Å². The number of carbonyl (C=O) groups is 1. The topological polar surface area (TPSA) is 103 Å². The van der Waals surface area contributed by atoms with E-state index in [0.29, 0.717) is 5.75 Å². The maximum atomic E-state index is 12.4. The molecule has 1 heterocycles. The number of carboxylic acids is 1. The molecule has 0 aliphatic rings. The molecule has 0 saturated carbocycles. The molecule has 0 aliphatic heterocycles. The van der Waals surface area contributed by atoms with Crippen LogP contribution in [-0.4, -0.2) is 59.1 Å². The molecule has 0 spiro atoms. The van der Waals surface area contributed by atoms with E-state index in [4.69, 9.17) is 5.11 Å². The van der Waals surface area contributed by atoms with E-state index in [0.717, 1.165) is 4.31 Å². The minimum absolute atomic E-state index is 0.219. The molecule has 0 amide bonds. The third-order valence-electron chi connectivity index (χ3n) is 2.78.